The Labute approximate surface area is 130 Å². The predicted octanol–water partition coefficient (Wildman–Crippen LogP) is 1.68. The lowest BCUT2D eigenvalue weighted by atomic mass is 10.2. The summed E-state index contributed by atoms with van der Waals surface area (Å²) in [6, 6.07) is 10.0. The van der Waals surface area contributed by atoms with Crippen molar-refractivity contribution in [3.05, 3.63) is 53.9 Å². The van der Waals surface area contributed by atoms with E-state index >= 15 is 0 Å². The van der Waals surface area contributed by atoms with Crippen LogP contribution in [0, 0.1) is 5.92 Å². The molecule has 5 nitrogen and oxygen atoms in total. The number of halogens is 1. The molecule has 1 aromatic carbocycles. The number of carbonyl (C=O) groups is 1. The van der Waals surface area contributed by atoms with Crippen molar-refractivity contribution in [2.75, 3.05) is 13.1 Å². The van der Waals surface area contributed by atoms with Gasteiger partial charge >= 0.3 is 0 Å². The van der Waals surface area contributed by atoms with E-state index in [0.717, 1.165) is 5.56 Å². The fourth-order valence-corrected chi connectivity index (χ4v) is 1.79. The van der Waals surface area contributed by atoms with E-state index < -0.39 is 0 Å². The SMILES string of the molecule is CC(CN)CNC(=O)c1cnn(Cc2ccccc2)c1.Cl. The zero-order valence-corrected chi connectivity index (χ0v) is 12.8. The smallest absolute Gasteiger partial charge is 0.254 e. The Morgan fingerprint density at radius 1 is 1.38 bits per heavy atom. The number of hydrogen-bond donors (Lipinski definition) is 2. The van der Waals surface area contributed by atoms with Crippen LogP contribution in [0.3, 0.4) is 0 Å². The molecule has 21 heavy (non-hydrogen) atoms. The Morgan fingerprint density at radius 2 is 2.10 bits per heavy atom. The molecule has 114 valence electrons. The molecule has 0 radical (unpaired) electrons. The van der Waals surface area contributed by atoms with E-state index in [4.69, 9.17) is 5.73 Å². The van der Waals surface area contributed by atoms with Gasteiger partial charge in [0.1, 0.15) is 0 Å². The summed E-state index contributed by atoms with van der Waals surface area (Å²) in [7, 11) is 0. The van der Waals surface area contributed by atoms with Crippen LogP contribution >= 0.6 is 12.4 Å². The lowest BCUT2D eigenvalue weighted by Crippen LogP contribution is -2.31. The Hall–Kier alpha value is -1.85. The van der Waals surface area contributed by atoms with Crippen LogP contribution in [0.1, 0.15) is 22.8 Å². The van der Waals surface area contributed by atoms with Gasteiger partial charge in [0.25, 0.3) is 5.91 Å². The Kier molecular flexibility index (Phi) is 6.91. The molecule has 0 bridgehead atoms. The van der Waals surface area contributed by atoms with Crippen LogP contribution in [0.5, 0.6) is 0 Å². The molecule has 1 heterocycles. The Morgan fingerprint density at radius 3 is 2.76 bits per heavy atom. The summed E-state index contributed by atoms with van der Waals surface area (Å²) >= 11 is 0. The molecule has 1 aromatic heterocycles. The van der Waals surface area contributed by atoms with Crippen molar-refractivity contribution in [2.24, 2.45) is 11.7 Å². The van der Waals surface area contributed by atoms with Gasteiger partial charge < -0.3 is 11.1 Å². The molecule has 1 atom stereocenters. The van der Waals surface area contributed by atoms with Crippen molar-refractivity contribution >= 4 is 18.3 Å². The van der Waals surface area contributed by atoms with Crippen LogP contribution in [-0.4, -0.2) is 28.8 Å². The number of nitrogens with zero attached hydrogens (tertiary/aromatic N) is 2. The standard InChI is InChI=1S/C15H20N4O.ClH/c1-12(7-16)8-17-15(20)14-9-18-19(11-14)10-13-5-3-2-4-6-13;/h2-6,9,11-12H,7-8,10,16H2,1H3,(H,17,20);1H. The minimum Gasteiger partial charge on any atom is -0.352 e. The van der Waals surface area contributed by atoms with Gasteiger partial charge in [-0.05, 0) is 18.0 Å². The molecular formula is C15H21ClN4O. The summed E-state index contributed by atoms with van der Waals surface area (Å²) < 4.78 is 1.76. The molecule has 0 aliphatic rings. The number of carbonyl (C=O) groups excluding carboxylic acids is 1. The van der Waals surface area contributed by atoms with Gasteiger partial charge in [0.2, 0.25) is 0 Å². The van der Waals surface area contributed by atoms with Crippen LogP contribution in [0.15, 0.2) is 42.7 Å². The zero-order valence-electron chi connectivity index (χ0n) is 12.0. The molecule has 0 saturated carbocycles. The van der Waals surface area contributed by atoms with E-state index in [2.05, 4.69) is 10.4 Å². The molecule has 0 aliphatic carbocycles. The molecule has 2 rings (SSSR count). The minimum atomic E-state index is -0.107. The maximum Gasteiger partial charge on any atom is 0.254 e. The number of benzene rings is 1. The van der Waals surface area contributed by atoms with Crippen LogP contribution in [0.2, 0.25) is 0 Å². The van der Waals surface area contributed by atoms with Crippen molar-refractivity contribution in [2.45, 2.75) is 13.5 Å². The summed E-state index contributed by atoms with van der Waals surface area (Å²) in [5.74, 6) is 0.169. The fourth-order valence-electron chi connectivity index (χ4n) is 1.79. The predicted molar refractivity (Wildman–Crippen MR) is 85.6 cm³/mol. The van der Waals surface area contributed by atoms with Gasteiger partial charge in [0, 0.05) is 12.7 Å². The molecule has 0 aliphatic heterocycles. The number of nitrogens with one attached hydrogen (secondary N) is 1. The number of nitrogens with two attached hydrogens (primary N) is 1. The van der Waals surface area contributed by atoms with Gasteiger partial charge in [-0.3, -0.25) is 9.48 Å². The van der Waals surface area contributed by atoms with E-state index in [-0.39, 0.29) is 24.2 Å². The summed E-state index contributed by atoms with van der Waals surface area (Å²) in [5.41, 5.74) is 7.25. The first-order valence-electron chi connectivity index (χ1n) is 6.73. The van der Waals surface area contributed by atoms with Gasteiger partial charge in [-0.2, -0.15) is 5.10 Å². The van der Waals surface area contributed by atoms with Gasteiger partial charge in [-0.1, -0.05) is 37.3 Å². The first-order valence-corrected chi connectivity index (χ1v) is 6.73. The highest BCUT2D eigenvalue weighted by atomic mass is 35.5. The quantitative estimate of drug-likeness (QED) is 0.852. The van der Waals surface area contributed by atoms with Crippen LogP contribution in [-0.2, 0) is 6.54 Å². The molecule has 0 saturated heterocycles. The summed E-state index contributed by atoms with van der Waals surface area (Å²) in [5, 5.41) is 7.07. The van der Waals surface area contributed by atoms with Crippen molar-refractivity contribution < 1.29 is 4.79 Å². The lowest BCUT2D eigenvalue weighted by Gasteiger charge is -2.08. The lowest BCUT2D eigenvalue weighted by molar-refractivity contribution is 0.0948. The molecule has 1 amide bonds. The van der Waals surface area contributed by atoms with Crippen molar-refractivity contribution in [1.82, 2.24) is 15.1 Å². The van der Waals surface area contributed by atoms with Crippen molar-refractivity contribution in [1.29, 1.82) is 0 Å². The van der Waals surface area contributed by atoms with E-state index in [9.17, 15) is 4.79 Å². The van der Waals surface area contributed by atoms with E-state index in [1.807, 2.05) is 37.3 Å². The molecule has 2 aromatic rings. The average Bonchev–Trinajstić information content (AvgIpc) is 2.94. The molecule has 3 N–H and O–H groups in total. The largest absolute Gasteiger partial charge is 0.352 e. The van der Waals surface area contributed by atoms with Gasteiger partial charge in [-0.15, -0.1) is 12.4 Å². The van der Waals surface area contributed by atoms with Crippen molar-refractivity contribution in [3.8, 4) is 0 Å². The van der Waals surface area contributed by atoms with E-state index in [0.29, 0.717) is 25.2 Å². The third-order valence-electron chi connectivity index (χ3n) is 3.10. The zero-order chi connectivity index (χ0) is 14.4. The number of amides is 1. The molecule has 1 unspecified atom stereocenters. The van der Waals surface area contributed by atoms with Crippen LogP contribution in [0.4, 0.5) is 0 Å². The van der Waals surface area contributed by atoms with Crippen molar-refractivity contribution in [3.63, 3.8) is 0 Å². The average molecular weight is 309 g/mol. The minimum absolute atomic E-state index is 0. The second-order valence-electron chi connectivity index (χ2n) is 4.96. The molecular weight excluding hydrogens is 288 g/mol. The first-order chi connectivity index (χ1) is 9.69. The highest BCUT2D eigenvalue weighted by molar-refractivity contribution is 5.93. The first kappa shape index (κ1) is 17.2. The second-order valence-corrected chi connectivity index (χ2v) is 4.96. The van der Waals surface area contributed by atoms with E-state index in [1.165, 1.54) is 0 Å². The third kappa shape index (κ3) is 5.21. The number of aromatic nitrogens is 2. The van der Waals surface area contributed by atoms with Crippen LogP contribution in [0.25, 0.3) is 0 Å². The Balaban J connectivity index is 0.00000220. The maximum absolute atomic E-state index is 11.9. The summed E-state index contributed by atoms with van der Waals surface area (Å²) in [4.78, 5) is 11.9. The maximum atomic E-state index is 11.9. The highest BCUT2D eigenvalue weighted by Crippen LogP contribution is 2.04. The normalized spacial score (nSPS) is 11.5. The monoisotopic (exact) mass is 308 g/mol. The number of rotatable bonds is 6. The second kappa shape index (κ2) is 8.44. The summed E-state index contributed by atoms with van der Waals surface area (Å²) in [6.07, 6.45) is 3.35. The van der Waals surface area contributed by atoms with Gasteiger partial charge in [0.05, 0.1) is 18.3 Å². The molecule has 6 heteroatoms. The fraction of sp³-hybridized carbons (Fsp3) is 0.333. The topological polar surface area (TPSA) is 72.9 Å². The molecule has 0 fully saturated rings. The Bertz CT molecular complexity index is 556. The number of hydrogen-bond acceptors (Lipinski definition) is 3. The summed E-state index contributed by atoms with van der Waals surface area (Å²) in [6.45, 7) is 3.80. The highest BCUT2D eigenvalue weighted by Gasteiger charge is 2.09. The third-order valence-corrected chi connectivity index (χ3v) is 3.10. The van der Waals surface area contributed by atoms with Crippen LogP contribution < -0.4 is 11.1 Å². The van der Waals surface area contributed by atoms with E-state index in [1.54, 1.807) is 17.1 Å². The molecule has 0 spiro atoms. The van der Waals surface area contributed by atoms with Gasteiger partial charge in [-0.25, -0.2) is 0 Å². The van der Waals surface area contributed by atoms with Gasteiger partial charge in [0.15, 0.2) is 0 Å².